The molecule has 1 N–H and O–H groups in total. The van der Waals surface area contributed by atoms with E-state index in [0.717, 1.165) is 69.2 Å². The molecule has 0 radical (unpaired) electrons. The molecule has 3 rings (SSSR count). The highest BCUT2D eigenvalue weighted by Gasteiger charge is 2.60. The first-order valence-electron chi connectivity index (χ1n) is 24.4. The van der Waals surface area contributed by atoms with Crippen LogP contribution in [0.2, 0.25) is 0 Å². The second-order valence-corrected chi connectivity index (χ2v) is 18.6. The van der Waals surface area contributed by atoms with Gasteiger partial charge in [0.1, 0.15) is 43.7 Å². The van der Waals surface area contributed by atoms with Crippen LogP contribution in [0, 0.1) is 0 Å². The van der Waals surface area contributed by atoms with E-state index >= 15 is 0 Å². The van der Waals surface area contributed by atoms with Gasteiger partial charge in [0.2, 0.25) is 0 Å². The zero-order valence-electron chi connectivity index (χ0n) is 45.2. The van der Waals surface area contributed by atoms with Crippen LogP contribution in [0.3, 0.4) is 0 Å². The number of rotatable bonds is 24. The number of ether oxygens (including phenoxy) is 17. The van der Waals surface area contributed by atoms with E-state index in [9.17, 15) is 52.7 Å². The Morgan fingerprint density at radius 3 is 1.04 bits per heavy atom. The first-order chi connectivity index (χ1) is 36.0. The summed E-state index contributed by atoms with van der Waals surface area (Å²) in [7, 11) is 0. The molecule has 29 heteroatoms. The lowest BCUT2D eigenvalue weighted by Gasteiger charge is -2.50. The Hall–Kier alpha value is -6.27. The molecular weight excluding hydrogens is 1040 g/mol. The molecule has 0 aromatic rings. The van der Waals surface area contributed by atoms with Crippen LogP contribution < -0.4 is 5.32 Å². The average molecular weight is 1110 g/mol. The van der Waals surface area contributed by atoms with Gasteiger partial charge in [-0.15, -0.1) is 0 Å². The van der Waals surface area contributed by atoms with Crippen LogP contribution in [0.1, 0.15) is 109 Å². The third-order valence-corrected chi connectivity index (χ3v) is 10.6. The standard InChI is InChI=1S/C48H71NO28/c1-22(50)62-19-32-35(65-25(4)53)38(68-28(7)56)41(44(72-32)61-18-16-14-15-17-49-47(60)77-48(11,12)13)75-46-43(40(70-30(9)58)37(67-27(6)55)34(74-46)21-64-24(3)52)76-45-42(71-31(10)59)39(69-29(8)57)36(66-26(5)54)33(73-45)20-63-23(2)51/h32-46H,14-21H2,1-13H3,(H,49,60)/t32-,33-,34-,35-,36-,37-,38+,39+,40+,41+,42+,43+,44+,45-,46-/m1/s1. The molecule has 0 aromatic heterocycles. The van der Waals surface area contributed by atoms with Gasteiger partial charge in [-0.3, -0.25) is 47.9 Å². The molecule has 3 saturated heterocycles. The number of alkyl carbamates (subject to hydrolysis) is 1. The maximum Gasteiger partial charge on any atom is 0.407 e. The molecule has 0 unspecified atom stereocenters. The predicted octanol–water partition coefficient (Wildman–Crippen LogP) is 0.854. The molecule has 436 valence electrons. The molecule has 0 spiro atoms. The molecule has 0 aromatic carbocycles. The third kappa shape index (κ3) is 22.3. The van der Waals surface area contributed by atoms with Crippen molar-refractivity contribution >= 4 is 65.8 Å². The fraction of sp³-hybridized carbons (Fsp3) is 0.771. The van der Waals surface area contributed by atoms with Gasteiger partial charge in [0.25, 0.3) is 0 Å². The lowest BCUT2D eigenvalue weighted by Crippen LogP contribution is -2.69. The summed E-state index contributed by atoms with van der Waals surface area (Å²) >= 11 is 0. The molecule has 3 aliphatic rings. The van der Waals surface area contributed by atoms with Crippen LogP contribution in [0.5, 0.6) is 0 Å². The Kier molecular flexibility index (Phi) is 25.8. The van der Waals surface area contributed by atoms with Crippen LogP contribution in [0.25, 0.3) is 0 Å². The van der Waals surface area contributed by atoms with E-state index < -0.39 is 183 Å². The van der Waals surface area contributed by atoms with Gasteiger partial charge in [-0.1, -0.05) is 0 Å². The minimum Gasteiger partial charge on any atom is -0.463 e. The first-order valence-corrected chi connectivity index (χ1v) is 24.4. The highest BCUT2D eigenvalue weighted by Crippen LogP contribution is 2.38. The number of carbonyl (C=O) groups is 11. The van der Waals surface area contributed by atoms with Crippen molar-refractivity contribution in [3.8, 4) is 0 Å². The van der Waals surface area contributed by atoms with Crippen LogP contribution in [0.4, 0.5) is 4.79 Å². The van der Waals surface area contributed by atoms with E-state index in [1.807, 2.05) is 0 Å². The van der Waals surface area contributed by atoms with Crippen LogP contribution >= 0.6 is 0 Å². The summed E-state index contributed by atoms with van der Waals surface area (Å²) in [6.07, 6.45) is -26.6. The Morgan fingerprint density at radius 2 is 0.688 bits per heavy atom. The van der Waals surface area contributed by atoms with E-state index in [4.69, 9.17) is 80.5 Å². The van der Waals surface area contributed by atoms with Crippen molar-refractivity contribution in [2.75, 3.05) is 33.0 Å². The molecule has 3 aliphatic heterocycles. The monoisotopic (exact) mass is 1110 g/mol. The summed E-state index contributed by atoms with van der Waals surface area (Å²) in [5.74, 6) is -9.49. The summed E-state index contributed by atoms with van der Waals surface area (Å²) in [6, 6.07) is 0. The van der Waals surface area contributed by atoms with Crippen LogP contribution in [-0.2, 0) is 128 Å². The van der Waals surface area contributed by atoms with Gasteiger partial charge in [0, 0.05) is 82.4 Å². The molecule has 77 heavy (non-hydrogen) atoms. The smallest absolute Gasteiger partial charge is 0.407 e. The molecule has 0 aliphatic carbocycles. The van der Waals surface area contributed by atoms with Gasteiger partial charge in [0.15, 0.2) is 73.8 Å². The zero-order chi connectivity index (χ0) is 57.9. The third-order valence-electron chi connectivity index (χ3n) is 10.6. The highest BCUT2D eigenvalue weighted by molar-refractivity contribution is 5.70. The Balaban J connectivity index is 2.33. The van der Waals surface area contributed by atoms with Crippen molar-refractivity contribution in [1.82, 2.24) is 5.32 Å². The predicted molar refractivity (Wildman–Crippen MR) is 249 cm³/mol. The average Bonchev–Trinajstić information content (AvgIpc) is 3.27. The number of hydrogen-bond acceptors (Lipinski definition) is 28. The minimum atomic E-state index is -2.11. The highest BCUT2D eigenvalue weighted by atomic mass is 16.8. The number of amides is 1. The fourth-order valence-corrected chi connectivity index (χ4v) is 7.99. The number of esters is 10. The van der Waals surface area contributed by atoms with Gasteiger partial charge >= 0.3 is 65.8 Å². The lowest BCUT2D eigenvalue weighted by atomic mass is 9.95. The SMILES string of the molecule is CC(=O)OC[C@H]1O[C@H](O[C@@H]2[C@@H](O[C@@H]3[C@@H](OCCCCCNC(=O)OC(C)(C)C)O[C@H](COC(C)=O)[C@@H](OC(C)=O)[C@@H]3OC(C)=O)O[C@H](COC(C)=O)[C@@H](OC(C)=O)[C@@H]2OC(C)=O)[C@@H](OC(C)=O)[C@@H](OC(C)=O)[C@@H]1OC(C)=O. The Labute approximate surface area is 443 Å². The largest absolute Gasteiger partial charge is 0.463 e. The summed E-state index contributed by atoms with van der Waals surface area (Å²) in [6.45, 7) is 13.2. The summed E-state index contributed by atoms with van der Waals surface area (Å²) in [5.41, 5.74) is -0.735. The number of carbonyl (C=O) groups excluding carboxylic acids is 11. The van der Waals surface area contributed by atoms with E-state index in [-0.39, 0.29) is 19.6 Å². The quantitative estimate of drug-likeness (QED) is 0.0795. The summed E-state index contributed by atoms with van der Waals surface area (Å²) < 4.78 is 98.8. The normalized spacial score (nSPS) is 28.9. The van der Waals surface area contributed by atoms with Crippen LogP contribution in [0.15, 0.2) is 0 Å². The molecule has 29 nitrogen and oxygen atoms in total. The van der Waals surface area contributed by atoms with Gasteiger partial charge in [-0.05, 0) is 40.0 Å². The number of unbranched alkanes of at least 4 members (excludes halogenated alkanes) is 2. The van der Waals surface area contributed by atoms with E-state index in [0.29, 0.717) is 12.8 Å². The van der Waals surface area contributed by atoms with Crippen molar-refractivity contribution in [3.63, 3.8) is 0 Å². The number of hydrogen-bond donors (Lipinski definition) is 1. The molecule has 3 fully saturated rings. The topological polar surface area (TPSA) is 357 Å². The van der Waals surface area contributed by atoms with Crippen molar-refractivity contribution in [2.24, 2.45) is 0 Å². The maximum absolute atomic E-state index is 13.1. The lowest BCUT2D eigenvalue weighted by molar-refractivity contribution is -0.393. The molecule has 3 heterocycles. The van der Waals surface area contributed by atoms with Crippen molar-refractivity contribution in [1.29, 1.82) is 0 Å². The zero-order valence-corrected chi connectivity index (χ0v) is 45.2. The first kappa shape index (κ1) is 65.0. The van der Waals surface area contributed by atoms with E-state index in [1.165, 1.54) is 0 Å². The second-order valence-electron chi connectivity index (χ2n) is 18.6. The Bertz CT molecular complexity index is 2070. The molecule has 1 amide bonds. The van der Waals surface area contributed by atoms with Gasteiger partial charge in [-0.25, -0.2) is 4.79 Å². The van der Waals surface area contributed by atoms with Gasteiger partial charge in [-0.2, -0.15) is 0 Å². The van der Waals surface area contributed by atoms with Gasteiger partial charge < -0.3 is 85.8 Å². The van der Waals surface area contributed by atoms with E-state index in [1.54, 1.807) is 20.8 Å². The fourth-order valence-electron chi connectivity index (χ4n) is 7.99. The molecule has 15 atom stereocenters. The minimum absolute atomic E-state index is 0.155. The molecular formula is C48H71NO28. The molecule has 0 bridgehead atoms. The Morgan fingerprint density at radius 1 is 0.377 bits per heavy atom. The van der Waals surface area contributed by atoms with Crippen LogP contribution in [-0.4, -0.2) is 196 Å². The maximum atomic E-state index is 13.1. The van der Waals surface area contributed by atoms with Crippen molar-refractivity contribution in [3.05, 3.63) is 0 Å². The summed E-state index contributed by atoms with van der Waals surface area (Å²) in [4.78, 5) is 139. The van der Waals surface area contributed by atoms with E-state index in [2.05, 4.69) is 5.32 Å². The van der Waals surface area contributed by atoms with Gasteiger partial charge in [0.05, 0.1) is 0 Å². The molecule has 0 saturated carbocycles. The van der Waals surface area contributed by atoms with Crippen molar-refractivity contribution in [2.45, 2.75) is 207 Å². The van der Waals surface area contributed by atoms with Crippen molar-refractivity contribution < 1.29 is 133 Å². The summed E-state index contributed by atoms with van der Waals surface area (Å²) in [5, 5.41) is 2.65. The number of nitrogens with one attached hydrogen (secondary N) is 1. The second kappa shape index (κ2) is 30.6.